The van der Waals surface area contributed by atoms with Crippen LogP contribution in [0.5, 0.6) is 0 Å². The van der Waals surface area contributed by atoms with Crippen LogP contribution >= 0.6 is 11.8 Å². The average molecular weight is 398 g/mol. The predicted molar refractivity (Wildman–Crippen MR) is 108 cm³/mol. The van der Waals surface area contributed by atoms with Crippen LogP contribution in [0.3, 0.4) is 0 Å². The van der Waals surface area contributed by atoms with Crippen molar-refractivity contribution in [3.05, 3.63) is 71.2 Å². The molecule has 0 N–H and O–H groups in total. The van der Waals surface area contributed by atoms with E-state index in [1.54, 1.807) is 24.3 Å². The second-order valence-corrected chi connectivity index (χ2v) is 8.01. The Morgan fingerprint density at radius 2 is 1.93 bits per heavy atom. The van der Waals surface area contributed by atoms with Crippen molar-refractivity contribution in [3.8, 4) is 0 Å². The fourth-order valence-electron chi connectivity index (χ4n) is 3.30. The minimum atomic E-state index is -0.539. The van der Waals surface area contributed by atoms with E-state index in [2.05, 4.69) is 19.9 Å². The number of thioether (sulfide) groups is 1. The summed E-state index contributed by atoms with van der Waals surface area (Å²) in [5.74, 6) is -0.852. The van der Waals surface area contributed by atoms with Gasteiger partial charge in [0.05, 0.1) is 0 Å². The Kier molecular flexibility index (Phi) is 5.74. The zero-order valence-corrected chi connectivity index (χ0v) is 16.9. The van der Waals surface area contributed by atoms with Crippen molar-refractivity contribution in [1.29, 1.82) is 0 Å². The number of benzene rings is 1. The van der Waals surface area contributed by atoms with Crippen LogP contribution in [0.4, 0.5) is 5.69 Å². The van der Waals surface area contributed by atoms with Gasteiger partial charge in [0.25, 0.3) is 5.03 Å². The molecule has 1 aliphatic heterocycles. The molecule has 0 spiro atoms. The first kappa shape index (κ1) is 19.9. The number of nitrogens with zero attached hydrogens (tertiary/aromatic N) is 2. The Morgan fingerprint density at radius 3 is 2.64 bits per heavy atom. The Labute approximate surface area is 168 Å². The number of esters is 1. The van der Waals surface area contributed by atoms with E-state index in [9.17, 15) is 14.8 Å². The molecule has 7 heteroatoms. The van der Waals surface area contributed by atoms with Gasteiger partial charge in [-0.25, -0.2) is 0 Å². The van der Waals surface area contributed by atoms with Gasteiger partial charge in [-0.3, -0.25) is 9.59 Å². The van der Waals surface area contributed by atoms with E-state index in [0.717, 1.165) is 28.7 Å². The van der Waals surface area contributed by atoms with E-state index in [1.165, 1.54) is 6.20 Å². The van der Waals surface area contributed by atoms with Crippen molar-refractivity contribution in [1.82, 2.24) is 0 Å². The lowest BCUT2D eigenvalue weighted by molar-refractivity contribution is -0.645. The number of aromatic nitrogens is 1. The summed E-state index contributed by atoms with van der Waals surface area (Å²) in [6, 6.07) is 13.0. The van der Waals surface area contributed by atoms with E-state index in [1.807, 2.05) is 30.1 Å². The van der Waals surface area contributed by atoms with Crippen molar-refractivity contribution >= 4 is 29.2 Å². The van der Waals surface area contributed by atoms with Crippen molar-refractivity contribution in [3.63, 3.8) is 0 Å². The van der Waals surface area contributed by atoms with Gasteiger partial charge in [-0.15, -0.1) is 0 Å². The molecule has 0 bridgehead atoms. The lowest BCUT2D eigenvalue weighted by atomic mass is 9.83. The third-order valence-corrected chi connectivity index (χ3v) is 5.73. The predicted octanol–water partition coefficient (Wildman–Crippen LogP) is 2.84. The summed E-state index contributed by atoms with van der Waals surface area (Å²) < 4.78 is 5.76. The fraction of sp³-hybridized carbons (Fsp3) is 0.286. The lowest BCUT2D eigenvalue weighted by Gasteiger charge is -2.23. The first-order valence-corrected chi connectivity index (χ1v) is 9.84. The largest absolute Gasteiger partial charge is 0.618 e. The quantitative estimate of drug-likeness (QED) is 0.245. The molecule has 0 atom stereocenters. The number of likely N-dealkylation sites (N-methyl/N-ethyl adjacent to an activating group) is 1. The normalized spacial score (nSPS) is 16.1. The van der Waals surface area contributed by atoms with Crippen LogP contribution in [0.15, 0.2) is 65.5 Å². The van der Waals surface area contributed by atoms with Crippen LogP contribution < -0.4 is 9.63 Å². The number of carbonyl (C=O) groups is 2. The summed E-state index contributed by atoms with van der Waals surface area (Å²) in [7, 11) is 1.92. The van der Waals surface area contributed by atoms with Gasteiger partial charge >= 0.3 is 5.97 Å². The third-order valence-electron chi connectivity index (χ3n) is 4.74. The smallest absolute Gasteiger partial charge is 0.316 e. The number of fused-ring (bicyclic) bond motifs is 1. The van der Waals surface area contributed by atoms with E-state index in [-0.39, 0.29) is 23.6 Å². The van der Waals surface area contributed by atoms with Crippen molar-refractivity contribution in [2.24, 2.45) is 0 Å². The Morgan fingerprint density at radius 1 is 1.21 bits per heavy atom. The molecule has 6 nitrogen and oxygen atoms in total. The number of ether oxygens (including phenoxy) is 1. The zero-order chi connectivity index (χ0) is 20.3. The molecule has 0 amide bonds. The van der Waals surface area contributed by atoms with E-state index in [4.69, 9.17) is 4.74 Å². The number of anilines is 1. The van der Waals surface area contributed by atoms with Gasteiger partial charge in [0.2, 0.25) is 0 Å². The molecular weight excluding hydrogens is 376 g/mol. The molecule has 0 saturated heterocycles. The van der Waals surface area contributed by atoms with Gasteiger partial charge in [-0.05, 0) is 29.5 Å². The van der Waals surface area contributed by atoms with Crippen LogP contribution in [-0.2, 0) is 19.7 Å². The molecule has 1 aromatic carbocycles. The standard InChI is InChI=1S/C21H22N2O4S/c1-21(2)16-8-4-5-9-17(16)22(3)18(21)12-15(24)13-27-20(25)14-28-19-10-6-7-11-23(19)26/h4-12H,13-14H2,1-3H3/b18-12-. The second kappa shape index (κ2) is 8.06. The molecule has 1 aromatic heterocycles. The summed E-state index contributed by atoms with van der Waals surface area (Å²) in [4.78, 5) is 26.3. The first-order chi connectivity index (χ1) is 13.3. The van der Waals surface area contributed by atoms with Crippen LogP contribution in [0, 0.1) is 5.21 Å². The molecule has 0 unspecified atom stereocenters. The highest BCUT2D eigenvalue weighted by molar-refractivity contribution is 7.99. The number of hydrogen-bond donors (Lipinski definition) is 0. The van der Waals surface area contributed by atoms with E-state index in [0.29, 0.717) is 9.76 Å². The van der Waals surface area contributed by atoms with Gasteiger partial charge in [0.1, 0.15) is 5.75 Å². The maximum Gasteiger partial charge on any atom is 0.316 e. The summed E-state index contributed by atoms with van der Waals surface area (Å²) >= 11 is 1.07. The van der Waals surface area contributed by atoms with Gasteiger partial charge < -0.3 is 14.8 Å². The van der Waals surface area contributed by atoms with Crippen LogP contribution in [0.2, 0.25) is 0 Å². The SMILES string of the molecule is CN1/C(=C\C(=O)COC(=O)CSc2cccc[n+]2[O-])C(C)(C)c2ccccc21. The Hall–Kier alpha value is -2.80. The first-order valence-electron chi connectivity index (χ1n) is 8.85. The molecule has 0 aliphatic carbocycles. The maximum atomic E-state index is 12.4. The third kappa shape index (κ3) is 4.04. The van der Waals surface area contributed by atoms with Crippen molar-refractivity contribution in [2.75, 3.05) is 24.3 Å². The summed E-state index contributed by atoms with van der Waals surface area (Å²) in [6.07, 6.45) is 2.91. The summed E-state index contributed by atoms with van der Waals surface area (Å²) in [5, 5.41) is 12.0. The molecule has 1 aliphatic rings. The highest BCUT2D eigenvalue weighted by Gasteiger charge is 2.38. The molecule has 2 aromatic rings. The fourth-order valence-corrected chi connectivity index (χ4v) is 4.02. The monoisotopic (exact) mass is 398 g/mol. The Balaban J connectivity index is 1.58. The molecule has 28 heavy (non-hydrogen) atoms. The molecular formula is C21H22N2O4S. The minimum Gasteiger partial charge on any atom is -0.618 e. The molecule has 0 saturated carbocycles. The maximum absolute atomic E-state index is 12.4. The summed E-state index contributed by atoms with van der Waals surface area (Å²) in [5.41, 5.74) is 2.77. The van der Waals surface area contributed by atoms with E-state index >= 15 is 0 Å². The van der Waals surface area contributed by atoms with Gasteiger partial charge in [0, 0.05) is 42.1 Å². The second-order valence-electron chi connectivity index (χ2n) is 7.01. The van der Waals surface area contributed by atoms with Crippen molar-refractivity contribution < 1.29 is 19.1 Å². The average Bonchev–Trinajstić information content (AvgIpc) is 2.87. The van der Waals surface area contributed by atoms with Gasteiger partial charge in [0.15, 0.2) is 18.6 Å². The van der Waals surface area contributed by atoms with Crippen LogP contribution in [-0.4, -0.2) is 31.2 Å². The number of hydrogen-bond acceptors (Lipinski definition) is 6. The van der Waals surface area contributed by atoms with Crippen LogP contribution in [0.25, 0.3) is 0 Å². The lowest BCUT2D eigenvalue weighted by Crippen LogP contribution is -2.28. The zero-order valence-electron chi connectivity index (χ0n) is 16.0. The van der Waals surface area contributed by atoms with Crippen LogP contribution in [0.1, 0.15) is 19.4 Å². The number of carbonyl (C=O) groups excluding carboxylic acids is 2. The number of rotatable bonds is 6. The molecule has 0 fully saturated rings. The number of para-hydroxylation sites is 1. The molecule has 0 radical (unpaired) electrons. The topological polar surface area (TPSA) is 73.5 Å². The Bertz CT molecular complexity index is 940. The molecule has 146 valence electrons. The number of allylic oxidation sites excluding steroid dienone is 1. The van der Waals surface area contributed by atoms with Gasteiger partial charge in [-0.2, -0.15) is 4.73 Å². The summed E-state index contributed by atoms with van der Waals surface area (Å²) in [6.45, 7) is 3.81. The highest BCUT2D eigenvalue weighted by Crippen LogP contribution is 2.46. The minimum absolute atomic E-state index is 0.0348. The number of ketones is 1. The highest BCUT2D eigenvalue weighted by atomic mass is 32.2. The van der Waals surface area contributed by atoms with E-state index < -0.39 is 5.97 Å². The molecule has 2 heterocycles. The van der Waals surface area contributed by atoms with Crippen molar-refractivity contribution in [2.45, 2.75) is 24.3 Å². The van der Waals surface area contributed by atoms with Gasteiger partial charge in [-0.1, -0.05) is 32.0 Å². The molecule has 3 rings (SSSR count). The number of pyridine rings is 1.